The summed E-state index contributed by atoms with van der Waals surface area (Å²) in [5.41, 5.74) is 2.03. The van der Waals surface area contributed by atoms with Gasteiger partial charge in [-0.1, -0.05) is 17.7 Å². The van der Waals surface area contributed by atoms with Crippen molar-refractivity contribution in [2.45, 2.75) is 45.1 Å². The number of pyridine rings is 1. The van der Waals surface area contributed by atoms with Crippen molar-refractivity contribution < 1.29 is 4.74 Å². The molecule has 0 N–H and O–H groups in total. The molecule has 1 saturated heterocycles. The SMILES string of the molecule is N#CCCN(Cc1cccnc1)Cn1nc(-c2ccc(Cl)cc2)n(C[C@H]2CCCO2)c1=S. The van der Waals surface area contributed by atoms with Crippen LogP contribution in [0.4, 0.5) is 0 Å². The van der Waals surface area contributed by atoms with Gasteiger partial charge < -0.3 is 4.74 Å². The zero-order chi connectivity index (χ0) is 22.3. The first-order valence-electron chi connectivity index (χ1n) is 10.7. The van der Waals surface area contributed by atoms with Gasteiger partial charge in [0.05, 0.1) is 25.4 Å². The highest BCUT2D eigenvalue weighted by Gasteiger charge is 2.21. The lowest BCUT2D eigenvalue weighted by atomic mass is 10.2. The molecule has 0 aliphatic carbocycles. The number of nitrogens with zero attached hydrogens (tertiary/aromatic N) is 6. The van der Waals surface area contributed by atoms with E-state index in [-0.39, 0.29) is 6.10 Å². The van der Waals surface area contributed by atoms with Crippen molar-refractivity contribution in [2.75, 3.05) is 13.2 Å². The van der Waals surface area contributed by atoms with Gasteiger partial charge in [0.15, 0.2) is 10.6 Å². The van der Waals surface area contributed by atoms with E-state index in [1.165, 1.54) is 0 Å². The minimum atomic E-state index is 0.135. The summed E-state index contributed by atoms with van der Waals surface area (Å²) in [6.07, 6.45) is 6.24. The maximum atomic E-state index is 9.12. The number of ether oxygens (including phenoxy) is 1. The molecule has 9 heteroatoms. The first-order chi connectivity index (χ1) is 15.6. The largest absolute Gasteiger partial charge is 0.376 e. The maximum Gasteiger partial charge on any atom is 0.199 e. The van der Waals surface area contributed by atoms with Crippen LogP contribution in [-0.4, -0.2) is 43.5 Å². The molecule has 1 aliphatic heterocycles. The highest BCUT2D eigenvalue weighted by atomic mass is 35.5. The summed E-state index contributed by atoms with van der Waals surface area (Å²) >= 11 is 11.9. The second-order valence-electron chi connectivity index (χ2n) is 7.82. The van der Waals surface area contributed by atoms with Gasteiger partial charge in [-0.05, 0) is 61.0 Å². The second kappa shape index (κ2) is 10.8. The number of rotatable bonds is 9. The third kappa shape index (κ3) is 5.61. The Morgan fingerprint density at radius 3 is 2.81 bits per heavy atom. The molecule has 1 aliphatic rings. The highest BCUT2D eigenvalue weighted by Crippen LogP contribution is 2.24. The highest BCUT2D eigenvalue weighted by molar-refractivity contribution is 7.71. The van der Waals surface area contributed by atoms with Crippen LogP contribution in [0.2, 0.25) is 5.02 Å². The Morgan fingerprint density at radius 1 is 1.28 bits per heavy atom. The molecule has 3 heterocycles. The average molecular weight is 469 g/mol. The fourth-order valence-corrected chi connectivity index (χ4v) is 4.23. The molecular formula is C23H25ClN6OS. The molecule has 7 nitrogen and oxygen atoms in total. The van der Waals surface area contributed by atoms with Crippen molar-refractivity contribution in [2.24, 2.45) is 0 Å². The molecule has 0 saturated carbocycles. The Kier molecular flexibility index (Phi) is 7.66. The van der Waals surface area contributed by atoms with Gasteiger partial charge in [0, 0.05) is 49.1 Å². The van der Waals surface area contributed by atoms with E-state index >= 15 is 0 Å². The van der Waals surface area contributed by atoms with Crippen LogP contribution in [0.1, 0.15) is 24.8 Å². The Labute approximate surface area is 197 Å². The first-order valence-corrected chi connectivity index (χ1v) is 11.5. The number of nitriles is 1. The molecule has 1 aromatic carbocycles. The summed E-state index contributed by atoms with van der Waals surface area (Å²) in [7, 11) is 0. The minimum Gasteiger partial charge on any atom is -0.376 e. The predicted octanol–water partition coefficient (Wildman–Crippen LogP) is 4.68. The topological polar surface area (TPSA) is 71.9 Å². The van der Waals surface area contributed by atoms with E-state index < -0.39 is 0 Å². The van der Waals surface area contributed by atoms with Gasteiger partial charge in [-0.15, -0.1) is 0 Å². The van der Waals surface area contributed by atoms with E-state index in [4.69, 9.17) is 38.9 Å². The third-order valence-electron chi connectivity index (χ3n) is 5.44. The molecule has 0 unspecified atom stereocenters. The van der Waals surface area contributed by atoms with Gasteiger partial charge in [-0.3, -0.25) is 14.5 Å². The molecule has 0 radical (unpaired) electrons. The van der Waals surface area contributed by atoms with Crippen molar-refractivity contribution in [3.8, 4) is 17.5 Å². The average Bonchev–Trinajstić information content (AvgIpc) is 3.43. The monoisotopic (exact) mass is 468 g/mol. The predicted molar refractivity (Wildman–Crippen MR) is 125 cm³/mol. The number of halogens is 1. The van der Waals surface area contributed by atoms with Gasteiger partial charge in [-0.2, -0.15) is 10.4 Å². The van der Waals surface area contributed by atoms with Crippen molar-refractivity contribution in [3.05, 3.63) is 64.1 Å². The summed E-state index contributed by atoms with van der Waals surface area (Å²) < 4.78 is 10.4. The minimum absolute atomic E-state index is 0.135. The fourth-order valence-electron chi connectivity index (χ4n) is 3.85. The second-order valence-corrected chi connectivity index (χ2v) is 8.62. The summed E-state index contributed by atoms with van der Waals surface area (Å²) in [6, 6.07) is 13.8. The molecule has 1 atom stereocenters. The zero-order valence-electron chi connectivity index (χ0n) is 17.7. The Morgan fingerprint density at radius 2 is 2.12 bits per heavy atom. The Bertz CT molecular complexity index is 1120. The van der Waals surface area contributed by atoms with Gasteiger partial charge in [0.25, 0.3) is 0 Å². The first kappa shape index (κ1) is 22.6. The molecule has 166 valence electrons. The lowest BCUT2D eigenvalue weighted by molar-refractivity contribution is 0.0966. The smallest absolute Gasteiger partial charge is 0.199 e. The van der Waals surface area contributed by atoms with Gasteiger partial charge in [-0.25, -0.2) is 4.68 Å². The summed E-state index contributed by atoms with van der Waals surface area (Å²) in [5.74, 6) is 0.795. The number of hydrogen-bond donors (Lipinski definition) is 0. The van der Waals surface area contributed by atoms with E-state index in [0.29, 0.717) is 42.5 Å². The van der Waals surface area contributed by atoms with E-state index in [1.807, 2.05) is 47.3 Å². The van der Waals surface area contributed by atoms with E-state index in [9.17, 15) is 0 Å². The van der Waals surface area contributed by atoms with Crippen molar-refractivity contribution in [3.63, 3.8) is 0 Å². The van der Waals surface area contributed by atoms with Gasteiger partial charge >= 0.3 is 0 Å². The molecule has 0 spiro atoms. The van der Waals surface area contributed by atoms with Crippen molar-refractivity contribution in [1.29, 1.82) is 5.26 Å². The van der Waals surface area contributed by atoms with Crippen LogP contribution >= 0.6 is 23.8 Å². The van der Waals surface area contributed by atoms with Crippen LogP contribution in [0.15, 0.2) is 48.8 Å². The quantitative estimate of drug-likeness (QED) is 0.424. The standard InChI is InChI=1S/C23H25ClN6OS/c24-20-8-6-19(7-9-20)22-27-30(23(32)29(22)16-21-5-2-13-31-21)17-28(12-3-10-25)15-18-4-1-11-26-14-18/h1,4,6-9,11,14,21H,2-3,5,12-13,15-17H2/t21-/m1/s1. The van der Waals surface area contributed by atoms with Crippen LogP contribution in [0.5, 0.6) is 0 Å². The van der Waals surface area contributed by atoms with E-state index in [2.05, 4.69) is 20.5 Å². The van der Waals surface area contributed by atoms with Crippen LogP contribution in [-0.2, 0) is 24.5 Å². The van der Waals surface area contributed by atoms with Gasteiger partial charge in [0.2, 0.25) is 0 Å². The summed E-state index contributed by atoms with van der Waals surface area (Å²) in [5, 5.41) is 14.7. The number of aromatic nitrogens is 4. The molecule has 2 aromatic heterocycles. The molecule has 0 amide bonds. The van der Waals surface area contributed by atoms with Crippen molar-refractivity contribution in [1.82, 2.24) is 24.2 Å². The van der Waals surface area contributed by atoms with E-state index in [1.54, 1.807) is 6.20 Å². The molecule has 3 aromatic rings. The molecule has 4 rings (SSSR count). The fraction of sp³-hybridized carbons (Fsp3) is 0.391. The van der Waals surface area contributed by atoms with Crippen LogP contribution in [0.3, 0.4) is 0 Å². The lowest BCUT2D eigenvalue weighted by Crippen LogP contribution is -2.28. The van der Waals surface area contributed by atoms with Crippen molar-refractivity contribution >= 4 is 23.8 Å². The number of benzene rings is 1. The van der Waals surface area contributed by atoms with Crippen LogP contribution in [0, 0.1) is 16.1 Å². The molecule has 32 heavy (non-hydrogen) atoms. The number of hydrogen-bond acceptors (Lipinski definition) is 6. The normalized spacial score (nSPS) is 15.8. The third-order valence-corrected chi connectivity index (χ3v) is 6.12. The van der Waals surface area contributed by atoms with E-state index in [0.717, 1.165) is 36.4 Å². The zero-order valence-corrected chi connectivity index (χ0v) is 19.3. The van der Waals surface area contributed by atoms with Crippen LogP contribution < -0.4 is 0 Å². The van der Waals surface area contributed by atoms with Gasteiger partial charge in [0.1, 0.15) is 0 Å². The van der Waals surface area contributed by atoms with Crippen LogP contribution in [0.25, 0.3) is 11.4 Å². The summed E-state index contributed by atoms with van der Waals surface area (Å²) in [4.78, 5) is 6.36. The lowest BCUT2D eigenvalue weighted by Gasteiger charge is -2.20. The molecule has 1 fully saturated rings. The summed E-state index contributed by atoms with van der Waals surface area (Å²) in [6.45, 7) is 3.20. The maximum absolute atomic E-state index is 9.12. The molecule has 0 bridgehead atoms. The molecular weight excluding hydrogens is 444 g/mol. The Balaban J connectivity index is 1.64. The Hall–Kier alpha value is -2.57.